The maximum atomic E-state index is 13.0. The molecule has 0 saturated heterocycles. The van der Waals surface area contributed by atoms with Crippen LogP contribution in [0.4, 0.5) is 4.39 Å². The standard InChI is InChI=1S/C28H32FNO2/c1-21-13-14-24-25(28(21)32-20-23-11-6-3-7-12-23)15-16-26(27(24)31)30(18-8-17-29)19-22-9-4-2-5-10-22/h2-7,9-14,26-27,31H,8,15-20H2,1H3/t26-,27-/m1/s1. The van der Waals surface area contributed by atoms with E-state index in [2.05, 4.69) is 36.1 Å². The third-order valence-electron chi connectivity index (χ3n) is 6.37. The van der Waals surface area contributed by atoms with Crippen molar-refractivity contribution in [1.82, 2.24) is 4.90 Å². The fourth-order valence-corrected chi connectivity index (χ4v) is 4.71. The van der Waals surface area contributed by atoms with E-state index in [-0.39, 0.29) is 12.7 Å². The van der Waals surface area contributed by atoms with Crippen LogP contribution in [0, 0.1) is 6.92 Å². The van der Waals surface area contributed by atoms with E-state index in [9.17, 15) is 9.50 Å². The molecule has 32 heavy (non-hydrogen) atoms. The van der Waals surface area contributed by atoms with Gasteiger partial charge in [0.15, 0.2) is 0 Å². The fourth-order valence-electron chi connectivity index (χ4n) is 4.71. The quantitative estimate of drug-likeness (QED) is 0.464. The predicted molar refractivity (Wildman–Crippen MR) is 126 cm³/mol. The van der Waals surface area contributed by atoms with Crippen molar-refractivity contribution in [2.75, 3.05) is 13.2 Å². The summed E-state index contributed by atoms with van der Waals surface area (Å²) in [5.41, 5.74) is 5.44. The van der Waals surface area contributed by atoms with Gasteiger partial charge in [-0.05, 0) is 48.4 Å². The molecule has 0 heterocycles. The number of ether oxygens (including phenoxy) is 1. The van der Waals surface area contributed by atoms with Crippen LogP contribution in [0.1, 0.15) is 46.8 Å². The molecule has 0 saturated carbocycles. The molecule has 0 amide bonds. The zero-order valence-electron chi connectivity index (χ0n) is 18.7. The van der Waals surface area contributed by atoms with Crippen LogP contribution in [0.2, 0.25) is 0 Å². The van der Waals surface area contributed by atoms with Crippen LogP contribution in [-0.2, 0) is 19.6 Å². The van der Waals surface area contributed by atoms with Crippen molar-refractivity contribution in [2.24, 2.45) is 0 Å². The lowest BCUT2D eigenvalue weighted by Gasteiger charge is -2.39. The highest BCUT2D eigenvalue weighted by Gasteiger charge is 2.34. The topological polar surface area (TPSA) is 32.7 Å². The van der Waals surface area contributed by atoms with Crippen molar-refractivity contribution in [3.63, 3.8) is 0 Å². The summed E-state index contributed by atoms with van der Waals surface area (Å²) in [4.78, 5) is 2.24. The van der Waals surface area contributed by atoms with Gasteiger partial charge in [-0.15, -0.1) is 0 Å². The van der Waals surface area contributed by atoms with Gasteiger partial charge >= 0.3 is 0 Å². The second kappa shape index (κ2) is 10.8. The second-order valence-corrected chi connectivity index (χ2v) is 8.60. The van der Waals surface area contributed by atoms with E-state index in [4.69, 9.17) is 4.74 Å². The largest absolute Gasteiger partial charge is 0.488 e. The van der Waals surface area contributed by atoms with Gasteiger partial charge in [-0.3, -0.25) is 9.29 Å². The number of hydrogen-bond donors (Lipinski definition) is 1. The maximum absolute atomic E-state index is 13.0. The molecule has 0 fully saturated rings. The summed E-state index contributed by atoms with van der Waals surface area (Å²) in [5.74, 6) is 0.891. The number of rotatable bonds is 9. The van der Waals surface area contributed by atoms with Crippen LogP contribution in [0.15, 0.2) is 72.8 Å². The molecule has 3 aromatic rings. The first-order valence-corrected chi connectivity index (χ1v) is 11.5. The Labute approximate surface area is 190 Å². The lowest BCUT2D eigenvalue weighted by atomic mass is 9.83. The molecule has 0 aromatic heterocycles. The summed E-state index contributed by atoms with van der Waals surface area (Å²) in [6, 6.07) is 24.4. The van der Waals surface area contributed by atoms with Gasteiger partial charge in [0.1, 0.15) is 12.4 Å². The van der Waals surface area contributed by atoms with Gasteiger partial charge in [-0.2, -0.15) is 0 Å². The van der Waals surface area contributed by atoms with E-state index in [0.29, 0.717) is 26.1 Å². The van der Waals surface area contributed by atoms with Crippen molar-refractivity contribution in [2.45, 2.75) is 51.5 Å². The molecule has 1 aliphatic rings. The molecule has 4 heteroatoms. The van der Waals surface area contributed by atoms with Crippen molar-refractivity contribution >= 4 is 0 Å². The first-order valence-electron chi connectivity index (χ1n) is 11.5. The van der Waals surface area contributed by atoms with Crippen LogP contribution in [-0.4, -0.2) is 29.3 Å². The zero-order chi connectivity index (χ0) is 22.3. The van der Waals surface area contributed by atoms with Crippen LogP contribution < -0.4 is 4.74 Å². The number of fused-ring (bicyclic) bond motifs is 1. The molecule has 3 nitrogen and oxygen atoms in total. The summed E-state index contributed by atoms with van der Waals surface area (Å²) in [5, 5.41) is 11.4. The van der Waals surface area contributed by atoms with Gasteiger partial charge < -0.3 is 9.84 Å². The van der Waals surface area contributed by atoms with E-state index in [0.717, 1.165) is 40.8 Å². The predicted octanol–water partition coefficient (Wildman–Crippen LogP) is 5.78. The van der Waals surface area contributed by atoms with Crippen LogP contribution in [0.25, 0.3) is 0 Å². The normalized spacial score (nSPS) is 17.9. The van der Waals surface area contributed by atoms with Crippen molar-refractivity contribution in [3.8, 4) is 5.75 Å². The Kier molecular flexibility index (Phi) is 7.56. The molecule has 2 atom stereocenters. The van der Waals surface area contributed by atoms with E-state index >= 15 is 0 Å². The minimum atomic E-state index is -0.623. The molecule has 0 aliphatic heterocycles. The Balaban J connectivity index is 1.55. The van der Waals surface area contributed by atoms with Gasteiger partial charge in [-0.1, -0.05) is 72.8 Å². The van der Waals surface area contributed by atoms with Crippen molar-refractivity contribution in [1.29, 1.82) is 0 Å². The Morgan fingerprint density at radius 3 is 2.34 bits per heavy atom. The SMILES string of the molecule is Cc1ccc2c(c1OCc1ccccc1)CC[C@@H](N(CCCF)Cc1ccccc1)[C@@H]2O. The smallest absolute Gasteiger partial charge is 0.126 e. The second-order valence-electron chi connectivity index (χ2n) is 8.60. The number of benzene rings is 3. The van der Waals surface area contributed by atoms with E-state index in [1.54, 1.807) is 0 Å². The van der Waals surface area contributed by atoms with E-state index in [1.807, 2.05) is 48.5 Å². The summed E-state index contributed by atoms with van der Waals surface area (Å²) < 4.78 is 19.3. The Hall–Kier alpha value is -2.69. The molecular weight excluding hydrogens is 401 g/mol. The lowest BCUT2D eigenvalue weighted by molar-refractivity contribution is 0.0292. The number of aryl methyl sites for hydroxylation is 1. The Morgan fingerprint density at radius 1 is 0.969 bits per heavy atom. The molecule has 168 valence electrons. The number of hydrogen-bond acceptors (Lipinski definition) is 3. The maximum Gasteiger partial charge on any atom is 0.126 e. The van der Waals surface area contributed by atoms with E-state index in [1.165, 1.54) is 5.56 Å². The van der Waals surface area contributed by atoms with Gasteiger partial charge in [-0.25, -0.2) is 0 Å². The first kappa shape index (κ1) is 22.5. The minimum Gasteiger partial charge on any atom is -0.488 e. The Bertz CT molecular complexity index is 993. The van der Waals surface area contributed by atoms with Crippen LogP contribution in [0.5, 0.6) is 5.75 Å². The summed E-state index contributed by atoms with van der Waals surface area (Å²) >= 11 is 0. The molecule has 0 radical (unpaired) electrons. The van der Waals surface area contributed by atoms with Crippen molar-refractivity contribution in [3.05, 3.63) is 101 Å². The van der Waals surface area contributed by atoms with Gasteiger partial charge in [0.2, 0.25) is 0 Å². The fraction of sp³-hybridized carbons (Fsp3) is 0.357. The van der Waals surface area contributed by atoms with Crippen LogP contribution in [0.3, 0.4) is 0 Å². The highest BCUT2D eigenvalue weighted by Crippen LogP contribution is 2.40. The number of aliphatic hydroxyl groups is 1. The summed E-state index contributed by atoms with van der Waals surface area (Å²) in [6.07, 6.45) is 1.51. The van der Waals surface area contributed by atoms with Gasteiger partial charge in [0.05, 0.1) is 12.8 Å². The Morgan fingerprint density at radius 2 is 1.66 bits per heavy atom. The van der Waals surface area contributed by atoms with E-state index < -0.39 is 6.10 Å². The molecule has 0 bridgehead atoms. The van der Waals surface area contributed by atoms with Crippen molar-refractivity contribution < 1.29 is 14.2 Å². The zero-order valence-corrected chi connectivity index (χ0v) is 18.7. The number of aliphatic hydroxyl groups excluding tert-OH is 1. The molecule has 1 aliphatic carbocycles. The molecular formula is C28H32FNO2. The average Bonchev–Trinajstić information content (AvgIpc) is 2.83. The minimum absolute atomic E-state index is 0.0427. The first-order chi connectivity index (χ1) is 15.7. The monoisotopic (exact) mass is 433 g/mol. The van der Waals surface area contributed by atoms with Crippen LogP contribution >= 0.6 is 0 Å². The average molecular weight is 434 g/mol. The third kappa shape index (κ3) is 5.20. The molecule has 4 rings (SSSR count). The molecule has 0 unspecified atom stereocenters. The summed E-state index contributed by atoms with van der Waals surface area (Å²) in [7, 11) is 0. The number of halogens is 1. The molecule has 0 spiro atoms. The molecule has 3 aromatic carbocycles. The lowest BCUT2D eigenvalue weighted by Crippen LogP contribution is -2.42. The molecule has 1 N–H and O–H groups in total. The highest BCUT2D eigenvalue weighted by atomic mass is 19.1. The van der Waals surface area contributed by atoms with Gasteiger partial charge in [0.25, 0.3) is 0 Å². The van der Waals surface area contributed by atoms with Gasteiger partial charge in [0, 0.05) is 24.7 Å². The highest BCUT2D eigenvalue weighted by molar-refractivity contribution is 5.49. The summed E-state index contributed by atoms with van der Waals surface area (Å²) in [6.45, 7) is 3.56. The third-order valence-corrected chi connectivity index (χ3v) is 6.37. The number of nitrogens with zero attached hydrogens (tertiary/aromatic N) is 1. The number of alkyl halides is 1.